The molecule has 1 N–H and O–H groups in total. The summed E-state index contributed by atoms with van der Waals surface area (Å²) in [5.41, 5.74) is 5.71. The molecule has 0 saturated heterocycles. The van der Waals surface area contributed by atoms with E-state index in [1.165, 1.54) is 11.3 Å². The maximum Gasteiger partial charge on any atom is 0.262 e. The van der Waals surface area contributed by atoms with Gasteiger partial charge in [-0.15, -0.1) is 0 Å². The van der Waals surface area contributed by atoms with Crippen LogP contribution in [0.3, 0.4) is 0 Å². The van der Waals surface area contributed by atoms with E-state index in [-0.39, 0.29) is 5.41 Å². The third kappa shape index (κ3) is 3.07. The van der Waals surface area contributed by atoms with Gasteiger partial charge in [0, 0.05) is 30.4 Å². The highest BCUT2D eigenvalue weighted by atomic mass is 32.2. The lowest BCUT2D eigenvalue weighted by Crippen LogP contribution is -2.58. The fraction of sp³-hybridized carbons (Fsp3) is 0.333. The van der Waals surface area contributed by atoms with Crippen molar-refractivity contribution in [3.8, 4) is 5.75 Å². The Labute approximate surface area is 196 Å². The lowest BCUT2D eigenvalue weighted by atomic mass is 9.76. The van der Waals surface area contributed by atoms with Crippen molar-refractivity contribution in [2.75, 3.05) is 16.7 Å². The molecule has 1 spiro atoms. The molecule has 172 valence electrons. The maximum absolute atomic E-state index is 13.3. The van der Waals surface area contributed by atoms with Crippen LogP contribution in [0.2, 0.25) is 0 Å². The number of nitrogens with zero attached hydrogens (tertiary/aromatic N) is 1. The molecular weight excluding hydrogens is 432 g/mol. The van der Waals surface area contributed by atoms with Crippen LogP contribution in [0.25, 0.3) is 0 Å². The van der Waals surface area contributed by atoms with Crippen LogP contribution in [-0.4, -0.2) is 21.2 Å². The van der Waals surface area contributed by atoms with Crippen molar-refractivity contribution in [1.82, 2.24) is 0 Å². The van der Waals surface area contributed by atoms with Crippen LogP contribution in [0.1, 0.15) is 41.7 Å². The maximum atomic E-state index is 13.3. The van der Waals surface area contributed by atoms with Gasteiger partial charge in [0.1, 0.15) is 5.75 Å². The van der Waals surface area contributed by atoms with Crippen LogP contribution in [-0.2, 0) is 21.9 Å². The molecule has 3 aromatic carbocycles. The van der Waals surface area contributed by atoms with Gasteiger partial charge in [0.05, 0.1) is 10.3 Å². The van der Waals surface area contributed by atoms with Gasteiger partial charge >= 0.3 is 0 Å². The van der Waals surface area contributed by atoms with Crippen molar-refractivity contribution in [3.05, 3.63) is 82.4 Å². The van der Waals surface area contributed by atoms with E-state index < -0.39 is 15.7 Å². The summed E-state index contributed by atoms with van der Waals surface area (Å²) in [5.74, 6) is 0.799. The highest BCUT2D eigenvalue weighted by Gasteiger charge is 2.60. The minimum Gasteiger partial charge on any atom is -0.466 e. The number of para-hydroxylation sites is 1. The second kappa shape index (κ2) is 7.00. The lowest BCUT2D eigenvalue weighted by Gasteiger charge is -2.42. The van der Waals surface area contributed by atoms with Gasteiger partial charge in [0.25, 0.3) is 10.0 Å². The van der Waals surface area contributed by atoms with Crippen LogP contribution in [0.5, 0.6) is 5.75 Å². The summed E-state index contributed by atoms with van der Waals surface area (Å²) < 4.78 is 35.9. The number of benzene rings is 3. The summed E-state index contributed by atoms with van der Waals surface area (Å²) in [6.45, 7) is 10.1. The standard InChI is InChI=1S/C27H30N2O3S/c1-17-13-18(2)25(19(3)14-17)33(30,31)28-21-11-12-24-20(15-21)16-27(32-24)26(4,5)22-9-7-8-10-23(22)29(27)6/h7-15,28H,16H2,1-6H3/t27-/m0/s1. The molecule has 0 bridgehead atoms. The predicted octanol–water partition coefficient (Wildman–Crippen LogP) is 5.47. The predicted molar refractivity (Wildman–Crippen MR) is 133 cm³/mol. The fourth-order valence-corrected chi connectivity index (χ4v) is 7.31. The van der Waals surface area contributed by atoms with Crippen LogP contribution in [0, 0.1) is 20.8 Å². The molecule has 0 unspecified atom stereocenters. The Kier molecular flexibility index (Phi) is 4.63. The van der Waals surface area contributed by atoms with Gasteiger partial charge in [-0.05, 0) is 75.6 Å². The number of rotatable bonds is 3. The lowest BCUT2D eigenvalue weighted by molar-refractivity contribution is 0.0350. The number of likely N-dealkylation sites (N-methyl/N-ethyl adjacent to an activating group) is 1. The molecule has 1 atom stereocenters. The number of anilines is 2. The summed E-state index contributed by atoms with van der Waals surface area (Å²) in [7, 11) is -1.64. The number of ether oxygens (including phenoxy) is 1. The molecule has 5 rings (SSSR count). The summed E-state index contributed by atoms with van der Waals surface area (Å²) >= 11 is 0. The quantitative estimate of drug-likeness (QED) is 0.561. The summed E-state index contributed by atoms with van der Waals surface area (Å²) in [6.07, 6.45) is 0.665. The Balaban J connectivity index is 1.49. The van der Waals surface area contributed by atoms with Gasteiger partial charge in [0.2, 0.25) is 0 Å². The molecule has 0 saturated carbocycles. The van der Waals surface area contributed by atoms with E-state index in [4.69, 9.17) is 4.74 Å². The zero-order valence-corrected chi connectivity index (χ0v) is 20.8. The second-order valence-corrected chi connectivity index (χ2v) is 11.5. The zero-order chi connectivity index (χ0) is 23.8. The van der Waals surface area contributed by atoms with Gasteiger partial charge in [-0.25, -0.2) is 8.42 Å². The van der Waals surface area contributed by atoms with E-state index in [1.807, 2.05) is 45.0 Å². The highest BCUT2D eigenvalue weighted by Crippen LogP contribution is 2.56. The van der Waals surface area contributed by atoms with E-state index in [2.05, 4.69) is 54.8 Å². The highest BCUT2D eigenvalue weighted by molar-refractivity contribution is 7.92. The summed E-state index contributed by atoms with van der Waals surface area (Å²) in [4.78, 5) is 2.57. The third-order valence-corrected chi connectivity index (χ3v) is 9.04. The van der Waals surface area contributed by atoms with E-state index in [1.54, 1.807) is 6.07 Å². The van der Waals surface area contributed by atoms with E-state index >= 15 is 0 Å². The van der Waals surface area contributed by atoms with Crippen LogP contribution < -0.4 is 14.4 Å². The molecule has 0 radical (unpaired) electrons. The smallest absolute Gasteiger partial charge is 0.262 e. The zero-order valence-electron chi connectivity index (χ0n) is 20.0. The molecule has 2 aliphatic heterocycles. The number of hydrogen-bond acceptors (Lipinski definition) is 4. The average Bonchev–Trinajstić information content (AvgIpc) is 3.18. The van der Waals surface area contributed by atoms with E-state index in [0.717, 1.165) is 28.0 Å². The molecule has 0 fully saturated rings. The topological polar surface area (TPSA) is 58.6 Å². The Morgan fingerprint density at radius 1 is 0.970 bits per heavy atom. The van der Waals surface area contributed by atoms with Gasteiger partial charge in [-0.3, -0.25) is 4.72 Å². The number of sulfonamides is 1. The molecule has 3 aromatic rings. The Morgan fingerprint density at radius 2 is 1.64 bits per heavy atom. The van der Waals surface area contributed by atoms with Gasteiger partial charge in [-0.2, -0.15) is 0 Å². The van der Waals surface area contributed by atoms with E-state index in [0.29, 0.717) is 17.0 Å². The van der Waals surface area contributed by atoms with Crippen molar-refractivity contribution < 1.29 is 13.2 Å². The first kappa shape index (κ1) is 21.8. The summed E-state index contributed by atoms with van der Waals surface area (Å²) in [6, 6.07) is 17.8. The Morgan fingerprint density at radius 3 is 2.30 bits per heavy atom. The number of nitrogens with one attached hydrogen (secondary N) is 1. The van der Waals surface area contributed by atoms with Crippen LogP contribution in [0.4, 0.5) is 11.4 Å². The minimum absolute atomic E-state index is 0.243. The molecule has 0 aromatic heterocycles. The number of fused-ring (bicyclic) bond motifs is 2. The van der Waals surface area contributed by atoms with Gasteiger partial charge in [-0.1, -0.05) is 35.9 Å². The molecule has 33 heavy (non-hydrogen) atoms. The van der Waals surface area contributed by atoms with E-state index in [9.17, 15) is 8.42 Å². The monoisotopic (exact) mass is 462 g/mol. The Hall–Kier alpha value is -2.99. The third-order valence-electron chi connectivity index (χ3n) is 7.35. The first-order chi connectivity index (χ1) is 15.5. The number of hydrogen-bond donors (Lipinski definition) is 1. The molecule has 2 heterocycles. The molecule has 0 amide bonds. The van der Waals surface area contributed by atoms with Crippen molar-refractivity contribution in [2.45, 2.75) is 57.1 Å². The van der Waals surface area contributed by atoms with Crippen LogP contribution in [0.15, 0.2) is 59.5 Å². The molecule has 5 nitrogen and oxygen atoms in total. The molecule has 0 aliphatic carbocycles. The largest absolute Gasteiger partial charge is 0.466 e. The summed E-state index contributed by atoms with van der Waals surface area (Å²) in [5, 5.41) is 0. The first-order valence-electron chi connectivity index (χ1n) is 11.2. The molecular formula is C27H30N2O3S. The normalized spacial score (nSPS) is 20.5. The van der Waals surface area contributed by atoms with Gasteiger partial charge in [0.15, 0.2) is 5.72 Å². The van der Waals surface area contributed by atoms with Gasteiger partial charge < -0.3 is 9.64 Å². The van der Waals surface area contributed by atoms with Crippen molar-refractivity contribution >= 4 is 21.4 Å². The molecule has 6 heteroatoms. The van der Waals surface area contributed by atoms with Crippen molar-refractivity contribution in [3.63, 3.8) is 0 Å². The van der Waals surface area contributed by atoms with Crippen LogP contribution >= 0.6 is 0 Å². The Bertz CT molecular complexity index is 1370. The van der Waals surface area contributed by atoms with Crippen molar-refractivity contribution in [1.29, 1.82) is 0 Å². The average molecular weight is 463 g/mol. The first-order valence-corrected chi connectivity index (χ1v) is 12.7. The SMILES string of the molecule is Cc1cc(C)c(S(=O)(=O)Nc2ccc3c(c2)C[C@@]2(O3)N(C)c3ccccc3C2(C)C)c(C)c1. The molecule has 2 aliphatic rings. The minimum atomic E-state index is -3.71. The second-order valence-electron chi connectivity index (χ2n) is 9.92. The fourth-order valence-electron chi connectivity index (χ4n) is 5.81. The number of aryl methyl sites for hydroxylation is 3. The van der Waals surface area contributed by atoms with Crippen molar-refractivity contribution in [2.24, 2.45) is 0 Å².